The molecular formula is C17H10F2N6OS. The van der Waals surface area contributed by atoms with Crippen LogP contribution in [0.25, 0.3) is 16.9 Å². The molecule has 0 fully saturated rings. The van der Waals surface area contributed by atoms with Crippen LogP contribution in [0.4, 0.5) is 13.9 Å². The van der Waals surface area contributed by atoms with E-state index in [9.17, 15) is 13.6 Å². The number of hydrogen-bond acceptors (Lipinski definition) is 6. The number of hydrogen-bond donors (Lipinski definition) is 1. The number of carbonyl (C=O) groups is 1. The van der Waals surface area contributed by atoms with Crippen molar-refractivity contribution in [2.24, 2.45) is 0 Å². The van der Waals surface area contributed by atoms with Gasteiger partial charge in [-0.05, 0) is 46.8 Å². The van der Waals surface area contributed by atoms with Crippen LogP contribution >= 0.6 is 11.3 Å². The van der Waals surface area contributed by atoms with Crippen LogP contribution in [0.3, 0.4) is 0 Å². The molecule has 27 heavy (non-hydrogen) atoms. The molecule has 0 saturated carbocycles. The van der Waals surface area contributed by atoms with Crippen LogP contribution in [0.5, 0.6) is 0 Å². The van der Waals surface area contributed by atoms with Gasteiger partial charge in [0.2, 0.25) is 0 Å². The minimum absolute atomic E-state index is 0.340. The van der Waals surface area contributed by atoms with E-state index in [4.69, 9.17) is 0 Å². The summed E-state index contributed by atoms with van der Waals surface area (Å²) in [6.07, 6.45) is 1.42. The molecule has 0 spiro atoms. The fraction of sp³-hybridized carbons (Fsp3) is 0. The Morgan fingerprint density at radius 2 is 2.00 bits per heavy atom. The largest absolute Gasteiger partial charge is 0.298 e. The number of benzene rings is 2. The van der Waals surface area contributed by atoms with Crippen LogP contribution in [0.15, 0.2) is 54.2 Å². The number of amides is 1. The number of nitrogens with zero attached hydrogens (tertiary/aromatic N) is 5. The van der Waals surface area contributed by atoms with E-state index in [0.717, 1.165) is 12.1 Å². The van der Waals surface area contributed by atoms with Gasteiger partial charge in [-0.1, -0.05) is 6.07 Å². The van der Waals surface area contributed by atoms with E-state index in [2.05, 4.69) is 25.8 Å². The molecule has 0 unspecified atom stereocenters. The second-order valence-electron chi connectivity index (χ2n) is 5.43. The van der Waals surface area contributed by atoms with Crippen LogP contribution in [0.2, 0.25) is 0 Å². The number of rotatable bonds is 4. The maximum Gasteiger partial charge on any atom is 0.257 e. The molecule has 2 heterocycles. The first-order valence-electron chi connectivity index (χ1n) is 7.66. The molecule has 2 aromatic heterocycles. The number of carbonyl (C=O) groups excluding carboxylic acids is 1. The Bertz CT molecular complexity index is 1110. The van der Waals surface area contributed by atoms with Crippen molar-refractivity contribution in [2.75, 3.05) is 5.32 Å². The number of tetrazole rings is 1. The lowest BCUT2D eigenvalue weighted by molar-refractivity contribution is 0.102. The van der Waals surface area contributed by atoms with Gasteiger partial charge in [0.25, 0.3) is 5.91 Å². The molecule has 1 amide bonds. The standard InChI is InChI=1S/C17H10F2N6OS/c18-13-5-4-10(7-14(13)19)15-8-27-17(21-15)22-16(26)11-2-1-3-12(6-11)25-9-20-23-24-25/h1-9H,(H,21,22,26). The molecule has 4 rings (SSSR count). The summed E-state index contributed by atoms with van der Waals surface area (Å²) in [4.78, 5) is 16.7. The van der Waals surface area contributed by atoms with Crippen molar-refractivity contribution in [3.8, 4) is 16.9 Å². The molecule has 10 heteroatoms. The van der Waals surface area contributed by atoms with E-state index in [0.29, 0.717) is 27.6 Å². The van der Waals surface area contributed by atoms with Gasteiger partial charge in [-0.25, -0.2) is 18.4 Å². The van der Waals surface area contributed by atoms with Gasteiger partial charge in [0.15, 0.2) is 16.8 Å². The van der Waals surface area contributed by atoms with Gasteiger partial charge in [-0.3, -0.25) is 10.1 Å². The second kappa shape index (κ2) is 7.00. The van der Waals surface area contributed by atoms with Crippen molar-refractivity contribution in [3.63, 3.8) is 0 Å². The van der Waals surface area contributed by atoms with E-state index in [1.165, 1.54) is 28.4 Å². The molecule has 0 aliphatic rings. The quantitative estimate of drug-likeness (QED) is 0.583. The van der Waals surface area contributed by atoms with Crippen LogP contribution in [-0.2, 0) is 0 Å². The van der Waals surface area contributed by atoms with Crippen LogP contribution in [0, 0.1) is 11.6 Å². The van der Waals surface area contributed by atoms with Crippen molar-refractivity contribution in [1.29, 1.82) is 0 Å². The molecule has 0 aliphatic carbocycles. The Morgan fingerprint density at radius 1 is 1.11 bits per heavy atom. The second-order valence-corrected chi connectivity index (χ2v) is 6.28. The van der Waals surface area contributed by atoms with E-state index < -0.39 is 11.6 Å². The molecular weight excluding hydrogens is 374 g/mol. The van der Waals surface area contributed by atoms with Crippen molar-refractivity contribution in [2.45, 2.75) is 0 Å². The summed E-state index contributed by atoms with van der Waals surface area (Å²) in [7, 11) is 0. The summed E-state index contributed by atoms with van der Waals surface area (Å²) in [6.45, 7) is 0. The van der Waals surface area contributed by atoms with Crippen molar-refractivity contribution in [3.05, 3.63) is 71.4 Å². The highest BCUT2D eigenvalue weighted by Gasteiger charge is 2.12. The van der Waals surface area contributed by atoms with Gasteiger partial charge in [-0.15, -0.1) is 16.4 Å². The lowest BCUT2D eigenvalue weighted by atomic mass is 10.2. The molecule has 1 N–H and O–H groups in total. The summed E-state index contributed by atoms with van der Waals surface area (Å²) in [5.41, 5.74) is 1.89. The van der Waals surface area contributed by atoms with Crippen molar-refractivity contribution >= 4 is 22.4 Å². The maximum absolute atomic E-state index is 13.4. The number of thiazole rings is 1. The van der Waals surface area contributed by atoms with Crippen LogP contribution < -0.4 is 5.32 Å². The molecule has 134 valence electrons. The van der Waals surface area contributed by atoms with Gasteiger partial charge in [0, 0.05) is 16.5 Å². The first-order chi connectivity index (χ1) is 13.1. The van der Waals surface area contributed by atoms with E-state index in [1.54, 1.807) is 29.6 Å². The van der Waals surface area contributed by atoms with E-state index in [-0.39, 0.29) is 5.91 Å². The van der Waals surface area contributed by atoms with Gasteiger partial charge in [-0.2, -0.15) is 0 Å². The monoisotopic (exact) mass is 384 g/mol. The number of halogens is 2. The molecule has 2 aromatic carbocycles. The highest BCUT2D eigenvalue weighted by atomic mass is 32.1. The highest BCUT2D eigenvalue weighted by Crippen LogP contribution is 2.26. The number of aromatic nitrogens is 5. The first-order valence-corrected chi connectivity index (χ1v) is 8.54. The average molecular weight is 384 g/mol. The molecule has 7 nitrogen and oxygen atoms in total. The molecule has 0 aliphatic heterocycles. The average Bonchev–Trinajstić information content (AvgIpc) is 3.36. The van der Waals surface area contributed by atoms with Crippen molar-refractivity contribution < 1.29 is 13.6 Å². The molecule has 0 bridgehead atoms. The summed E-state index contributed by atoms with van der Waals surface area (Å²) >= 11 is 1.18. The third kappa shape index (κ3) is 3.55. The third-order valence-electron chi connectivity index (χ3n) is 3.66. The Kier molecular flexibility index (Phi) is 4.38. The lowest BCUT2D eigenvalue weighted by Gasteiger charge is -2.04. The fourth-order valence-electron chi connectivity index (χ4n) is 2.36. The zero-order chi connectivity index (χ0) is 18.8. The normalized spacial score (nSPS) is 10.7. The van der Waals surface area contributed by atoms with Gasteiger partial charge >= 0.3 is 0 Å². The van der Waals surface area contributed by atoms with Gasteiger partial charge in [0.05, 0.1) is 11.4 Å². The Balaban J connectivity index is 1.53. The third-order valence-corrected chi connectivity index (χ3v) is 4.42. The molecule has 0 radical (unpaired) electrons. The summed E-state index contributed by atoms with van der Waals surface area (Å²) in [6, 6.07) is 10.3. The SMILES string of the molecule is O=C(Nc1nc(-c2ccc(F)c(F)c2)cs1)c1cccc(-n2cnnn2)c1. The zero-order valence-electron chi connectivity index (χ0n) is 13.5. The summed E-state index contributed by atoms with van der Waals surface area (Å²) in [5.74, 6) is -2.24. The smallest absolute Gasteiger partial charge is 0.257 e. The summed E-state index contributed by atoms with van der Waals surface area (Å²) in [5, 5.41) is 15.6. The minimum Gasteiger partial charge on any atom is -0.298 e. The summed E-state index contributed by atoms with van der Waals surface area (Å²) < 4.78 is 27.9. The van der Waals surface area contributed by atoms with Crippen molar-refractivity contribution in [1.82, 2.24) is 25.2 Å². The number of anilines is 1. The van der Waals surface area contributed by atoms with Crippen LogP contribution in [0.1, 0.15) is 10.4 Å². The Morgan fingerprint density at radius 3 is 2.78 bits per heavy atom. The fourth-order valence-corrected chi connectivity index (χ4v) is 3.07. The minimum atomic E-state index is -0.953. The van der Waals surface area contributed by atoms with Gasteiger partial charge in [0.1, 0.15) is 6.33 Å². The molecule has 0 atom stereocenters. The topological polar surface area (TPSA) is 85.6 Å². The van der Waals surface area contributed by atoms with E-state index >= 15 is 0 Å². The lowest BCUT2D eigenvalue weighted by Crippen LogP contribution is -2.12. The first kappa shape index (κ1) is 16.9. The maximum atomic E-state index is 13.4. The predicted molar refractivity (Wildman–Crippen MR) is 94.6 cm³/mol. The Hall–Kier alpha value is -3.53. The molecule has 4 aromatic rings. The Labute approximate surface area is 155 Å². The zero-order valence-corrected chi connectivity index (χ0v) is 14.3. The predicted octanol–water partition coefficient (Wildman–Crippen LogP) is 3.32. The van der Waals surface area contributed by atoms with Gasteiger partial charge < -0.3 is 0 Å². The highest BCUT2D eigenvalue weighted by molar-refractivity contribution is 7.14. The van der Waals surface area contributed by atoms with Crippen LogP contribution in [-0.4, -0.2) is 31.1 Å². The van der Waals surface area contributed by atoms with E-state index in [1.807, 2.05) is 0 Å². The number of nitrogens with one attached hydrogen (secondary N) is 1. The molecule has 0 saturated heterocycles.